The van der Waals surface area contributed by atoms with Crippen LogP contribution >= 0.6 is 0 Å². The van der Waals surface area contributed by atoms with Gasteiger partial charge in [0, 0.05) is 6.04 Å². The van der Waals surface area contributed by atoms with Crippen molar-refractivity contribution in [3.63, 3.8) is 0 Å². The van der Waals surface area contributed by atoms with Gasteiger partial charge in [-0.05, 0) is 56.5 Å². The Morgan fingerprint density at radius 2 is 1.73 bits per heavy atom. The number of piperidine rings is 1. The minimum Gasteiger partial charge on any atom is -0.489 e. The molecule has 0 aliphatic carbocycles. The molecule has 116 valence electrons. The van der Waals surface area contributed by atoms with Gasteiger partial charge in [0.1, 0.15) is 12.4 Å². The van der Waals surface area contributed by atoms with Crippen molar-refractivity contribution >= 4 is 0 Å². The maximum atomic E-state index is 5.92. The Hall–Kier alpha value is -1.80. The largest absolute Gasteiger partial charge is 0.489 e. The van der Waals surface area contributed by atoms with Gasteiger partial charge in [-0.15, -0.1) is 0 Å². The Kier molecular flexibility index (Phi) is 4.79. The van der Waals surface area contributed by atoms with Crippen LogP contribution in [0.5, 0.6) is 5.75 Å². The fraction of sp³-hybridized carbons (Fsp3) is 0.400. The normalized spacial score (nSPS) is 18.2. The molecule has 2 aromatic carbocycles. The van der Waals surface area contributed by atoms with Gasteiger partial charge in [0.2, 0.25) is 0 Å². The van der Waals surface area contributed by atoms with E-state index in [1.165, 1.54) is 41.5 Å². The predicted octanol–water partition coefficient (Wildman–Crippen LogP) is 4.70. The monoisotopic (exact) mass is 295 g/mol. The van der Waals surface area contributed by atoms with Crippen molar-refractivity contribution in [2.45, 2.75) is 45.8 Å². The van der Waals surface area contributed by atoms with E-state index in [0.717, 1.165) is 12.3 Å². The highest BCUT2D eigenvalue weighted by atomic mass is 16.5. The van der Waals surface area contributed by atoms with Crippen LogP contribution in [0.25, 0.3) is 0 Å². The van der Waals surface area contributed by atoms with Gasteiger partial charge < -0.3 is 10.1 Å². The van der Waals surface area contributed by atoms with Crippen LogP contribution in [-0.2, 0) is 6.61 Å². The molecule has 0 spiro atoms. The van der Waals surface area contributed by atoms with Crippen molar-refractivity contribution < 1.29 is 4.74 Å². The second-order valence-electron chi connectivity index (χ2n) is 6.36. The zero-order valence-corrected chi connectivity index (χ0v) is 13.6. The van der Waals surface area contributed by atoms with Crippen LogP contribution in [0.4, 0.5) is 0 Å². The molecule has 1 atom stereocenters. The van der Waals surface area contributed by atoms with Crippen LogP contribution in [0.1, 0.15) is 47.6 Å². The van der Waals surface area contributed by atoms with E-state index >= 15 is 0 Å². The molecule has 1 saturated heterocycles. The molecular weight excluding hydrogens is 270 g/mol. The fourth-order valence-electron chi connectivity index (χ4n) is 3.25. The number of ether oxygens (including phenoxy) is 1. The first-order valence-electron chi connectivity index (χ1n) is 8.24. The van der Waals surface area contributed by atoms with E-state index in [2.05, 4.69) is 61.6 Å². The second kappa shape index (κ2) is 6.97. The lowest BCUT2D eigenvalue weighted by Gasteiger charge is -2.23. The molecule has 2 heteroatoms. The molecule has 0 saturated carbocycles. The lowest BCUT2D eigenvalue weighted by atomic mass is 9.98. The third-order valence-corrected chi connectivity index (χ3v) is 4.28. The summed E-state index contributed by atoms with van der Waals surface area (Å²) < 4.78 is 5.92. The molecule has 2 aromatic rings. The van der Waals surface area contributed by atoms with Crippen molar-refractivity contribution in [3.05, 3.63) is 64.7 Å². The van der Waals surface area contributed by atoms with Gasteiger partial charge in [-0.25, -0.2) is 0 Å². The van der Waals surface area contributed by atoms with Gasteiger partial charge in [-0.2, -0.15) is 0 Å². The summed E-state index contributed by atoms with van der Waals surface area (Å²) in [6, 6.07) is 15.7. The molecule has 1 aliphatic heterocycles. The SMILES string of the molecule is Cc1cc(C)cc(COc2ccc(C3CCCCN3)cc2)c1. The van der Waals surface area contributed by atoms with E-state index in [9.17, 15) is 0 Å². The van der Waals surface area contributed by atoms with Gasteiger partial charge in [-0.3, -0.25) is 0 Å². The number of aryl methyl sites for hydroxylation is 2. The number of rotatable bonds is 4. The van der Waals surface area contributed by atoms with Gasteiger partial charge in [0.05, 0.1) is 0 Å². The molecule has 0 amide bonds. The van der Waals surface area contributed by atoms with E-state index in [1.807, 2.05) is 0 Å². The van der Waals surface area contributed by atoms with Crippen molar-refractivity contribution in [1.82, 2.24) is 5.32 Å². The van der Waals surface area contributed by atoms with Crippen LogP contribution in [0, 0.1) is 13.8 Å². The highest BCUT2D eigenvalue weighted by Gasteiger charge is 2.14. The lowest BCUT2D eigenvalue weighted by Crippen LogP contribution is -2.26. The summed E-state index contributed by atoms with van der Waals surface area (Å²) in [5, 5.41) is 3.58. The third kappa shape index (κ3) is 3.89. The van der Waals surface area contributed by atoms with Crippen LogP contribution in [0.2, 0.25) is 0 Å². The molecule has 0 radical (unpaired) electrons. The summed E-state index contributed by atoms with van der Waals surface area (Å²) in [4.78, 5) is 0. The smallest absolute Gasteiger partial charge is 0.119 e. The Morgan fingerprint density at radius 3 is 2.36 bits per heavy atom. The molecule has 3 rings (SSSR count). The summed E-state index contributed by atoms with van der Waals surface area (Å²) >= 11 is 0. The Morgan fingerprint density at radius 1 is 1.00 bits per heavy atom. The number of benzene rings is 2. The molecule has 0 aromatic heterocycles. The fourth-order valence-corrected chi connectivity index (χ4v) is 3.25. The van der Waals surface area contributed by atoms with Crippen LogP contribution in [0.15, 0.2) is 42.5 Å². The van der Waals surface area contributed by atoms with E-state index in [-0.39, 0.29) is 0 Å². The minimum atomic E-state index is 0.516. The molecule has 22 heavy (non-hydrogen) atoms. The van der Waals surface area contributed by atoms with Gasteiger partial charge in [-0.1, -0.05) is 47.9 Å². The van der Waals surface area contributed by atoms with E-state index in [0.29, 0.717) is 12.6 Å². The average Bonchev–Trinajstić information content (AvgIpc) is 2.53. The lowest BCUT2D eigenvalue weighted by molar-refractivity contribution is 0.305. The standard InChI is InChI=1S/C20H25NO/c1-15-11-16(2)13-17(12-15)14-22-19-8-6-18(7-9-19)20-5-3-4-10-21-20/h6-9,11-13,20-21H,3-5,10,14H2,1-2H3. The Balaban J connectivity index is 1.61. The average molecular weight is 295 g/mol. The van der Waals surface area contributed by atoms with Gasteiger partial charge >= 0.3 is 0 Å². The second-order valence-corrected chi connectivity index (χ2v) is 6.36. The van der Waals surface area contributed by atoms with Crippen molar-refractivity contribution in [2.24, 2.45) is 0 Å². The zero-order chi connectivity index (χ0) is 15.4. The Labute approximate surface area is 133 Å². The predicted molar refractivity (Wildman–Crippen MR) is 91.3 cm³/mol. The van der Waals surface area contributed by atoms with Crippen LogP contribution in [0.3, 0.4) is 0 Å². The molecule has 1 heterocycles. The molecular formula is C20H25NO. The highest BCUT2D eigenvalue weighted by Crippen LogP contribution is 2.25. The minimum absolute atomic E-state index is 0.516. The van der Waals surface area contributed by atoms with Gasteiger partial charge in [0.25, 0.3) is 0 Å². The van der Waals surface area contributed by atoms with Crippen LogP contribution in [-0.4, -0.2) is 6.54 Å². The van der Waals surface area contributed by atoms with E-state index in [1.54, 1.807) is 0 Å². The highest BCUT2D eigenvalue weighted by molar-refractivity contribution is 5.31. The Bertz CT molecular complexity index is 592. The third-order valence-electron chi connectivity index (χ3n) is 4.28. The summed E-state index contributed by atoms with van der Waals surface area (Å²) in [5.41, 5.74) is 5.18. The van der Waals surface area contributed by atoms with E-state index < -0.39 is 0 Å². The van der Waals surface area contributed by atoms with Crippen molar-refractivity contribution in [3.8, 4) is 5.75 Å². The summed E-state index contributed by atoms with van der Waals surface area (Å²) in [6.07, 6.45) is 3.86. The zero-order valence-electron chi connectivity index (χ0n) is 13.6. The number of hydrogen-bond acceptors (Lipinski definition) is 2. The van der Waals surface area contributed by atoms with Crippen molar-refractivity contribution in [1.29, 1.82) is 0 Å². The topological polar surface area (TPSA) is 21.3 Å². The molecule has 1 fully saturated rings. The first kappa shape index (κ1) is 15.1. The number of nitrogens with one attached hydrogen (secondary N) is 1. The molecule has 1 unspecified atom stereocenters. The first-order valence-corrected chi connectivity index (χ1v) is 8.24. The molecule has 1 N–H and O–H groups in total. The summed E-state index contributed by atoms with van der Waals surface area (Å²) in [7, 11) is 0. The summed E-state index contributed by atoms with van der Waals surface area (Å²) in [6.45, 7) is 6.02. The van der Waals surface area contributed by atoms with Gasteiger partial charge in [0.15, 0.2) is 0 Å². The first-order chi connectivity index (χ1) is 10.7. The number of hydrogen-bond donors (Lipinski definition) is 1. The summed E-state index contributed by atoms with van der Waals surface area (Å²) in [5.74, 6) is 0.943. The van der Waals surface area contributed by atoms with Crippen molar-refractivity contribution in [2.75, 3.05) is 6.54 Å². The van der Waals surface area contributed by atoms with E-state index in [4.69, 9.17) is 4.74 Å². The van der Waals surface area contributed by atoms with Crippen LogP contribution < -0.4 is 10.1 Å². The molecule has 2 nitrogen and oxygen atoms in total. The molecule has 0 bridgehead atoms. The quantitative estimate of drug-likeness (QED) is 0.883. The maximum absolute atomic E-state index is 5.92. The molecule has 1 aliphatic rings. The maximum Gasteiger partial charge on any atom is 0.119 e.